The molecule has 18 heavy (non-hydrogen) atoms. The number of nitrogens with zero attached hydrogens (tertiary/aromatic N) is 2. The van der Waals surface area contributed by atoms with Crippen LogP contribution in [0.15, 0.2) is 34.7 Å². The Morgan fingerprint density at radius 2 is 1.72 bits per heavy atom. The van der Waals surface area contributed by atoms with E-state index in [1.165, 1.54) is 0 Å². The third-order valence-electron chi connectivity index (χ3n) is 2.55. The average Bonchev–Trinajstić information content (AvgIpc) is 2.70. The summed E-state index contributed by atoms with van der Waals surface area (Å²) in [5.74, 6) is 0.488. The Morgan fingerprint density at radius 3 is 2.44 bits per heavy atom. The fraction of sp³-hybridized carbons (Fsp3) is 0.0769. The van der Waals surface area contributed by atoms with Crippen molar-refractivity contribution >= 4 is 34.3 Å². The number of aromatic nitrogens is 2. The molecule has 0 radical (unpaired) electrons. The number of fused-ring (bicyclic) bond motifs is 1. The van der Waals surface area contributed by atoms with E-state index in [0.717, 1.165) is 16.7 Å². The zero-order chi connectivity index (χ0) is 12.7. The summed E-state index contributed by atoms with van der Waals surface area (Å²) in [7, 11) is 0. The molecule has 0 N–H and O–H groups in total. The molecule has 0 saturated heterocycles. The van der Waals surface area contributed by atoms with Crippen LogP contribution in [0.25, 0.3) is 22.6 Å². The maximum absolute atomic E-state index is 5.86. The topological polar surface area (TPSA) is 38.9 Å². The van der Waals surface area contributed by atoms with Gasteiger partial charge in [0.05, 0.1) is 0 Å². The predicted molar refractivity (Wildman–Crippen MR) is 72.0 cm³/mol. The molecule has 0 aliphatic carbocycles. The fourth-order valence-corrected chi connectivity index (χ4v) is 2.20. The molecular formula is C13H8Cl2N2O. The van der Waals surface area contributed by atoms with E-state index in [1.807, 2.05) is 25.1 Å². The van der Waals surface area contributed by atoms with Crippen molar-refractivity contribution in [3.63, 3.8) is 0 Å². The summed E-state index contributed by atoms with van der Waals surface area (Å²) < 4.78 is 5.69. The number of aryl methyl sites for hydroxylation is 1. The van der Waals surface area contributed by atoms with Gasteiger partial charge in [0.1, 0.15) is 15.8 Å². The highest BCUT2D eigenvalue weighted by atomic mass is 35.5. The Labute approximate surface area is 113 Å². The van der Waals surface area contributed by atoms with Crippen molar-refractivity contribution in [2.45, 2.75) is 6.92 Å². The second kappa shape index (κ2) is 4.26. The van der Waals surface area contributed by atoms with Crippen LogP contribution in [0.4, 0.5) is 0 Å². The minimum absolute atomic E-state index is 0.316. The van der Waals surface area contributed by atoms with E-state index in [4.69, 9.17) is 27.6 Å². The third kappa shape index (κ3) is 2.07. The number of hydrogen-bond acceptors (Lipinski definition) is 3. The Bertz CT molecular complexity index is 717. The second-order valence-electron chi connectivity index (χ2n) is 3.99. The van der Waals surface area contributed by atoms with Gasteiger partial charge in [0.25, 0.3) is 0 Å². The van der Waals surface area contributed by atoms with Gasteiger partial charge in [-0.3, -0.25) is 0 Å². The van der Waals surface area contributed by atoms with E-state index in [2.05, 4.69) is 9.97 Å². The van der Waals surface area contributed by atoms with Crippen LogP contribution in [-0.2, 0) is 0 Å². The van der Waals surface area contributed by atoms with Crippen LogP contribution in [0.3, 0.4) is 0 Å². The minimum Gasteiger partial charge on any atom is -0.436 e. The summed E-state index contributed by atoms with van der Waals surface area (Å²) in [6.07, 6.45) is 0. The molecule has 0 spiro atoms. The summed E-state index contributed by atoms with van der Waals surface area (Å²) in [6.45, 7) is 2.00. The molecule has 0 amide bonds. The molecule has 5 heteroatoms. The molecule has 3 nitrogen and oxygen atoms in total. The Balaban J connectivity index is 2.19. The predicted octanol–water partition coefficient (Wildman–Crippen LogP) is 4.51. The smallest absolute Gasteiger partial charge is 0.227 e. The molecule has 3 rings (SSSR count). The quantitative estimate of drug-likeness (QED) is 0.615. The number of rotatable bonds is 1. The van der Waals surface area contributed by atoms with Crippen molar-refractivity contribution in [2.24, 2.45) is 0 Å². The van der Waals surface area contributed by atoms with Crippen LogP contribution in [0.1, 0.15) is 5.56 Å². The summed E-state index contributed by atoms with van der Waals surface area (Å²) in [6, 6.07) is 9.19. The lowest BCUT2D eigenvalue weighted by Crippen LogP contribution is -1.81. The van der Waals surface area contributed by atoms with Gasteiger partial charge in [0.2, 0.25) is 5.89 Å². The maximum Gasteiger partial charge on any atom is 0.227 e. The molecule has 2 aromatic heterocycles. The molecule has 1 aromatic carbocycles. The first-order valence-corrected chi connectivity index (χ1v) is 6.08. The highest BCUT2D eigenvalue weighted by molar-refractivity contribution is 6.32. The van der Waals surface area contributed by atoms with Gasteiger partial charge in [0, 0.05) is 5.56 Å². The Kier molecular flexibility index (Phi) is 2.73. The zero-order valence-electron chi connectivity index (χ0n) is 9.45. The van der Waals surface area contributed by atoms with E-state index in [0.29, 0.717) is 21.8 Å². The fourth-order valence-electron chi connectivity index (χ4n) is 1.74. The van der Waals surface area contributed by atoms with Gasteiger partial charge >= 0.3 is 0 Å². The van der Waals surface area contributed by atoms with E-state index in [-0.39, 0.29) is 0 Å². The minimum atomic E-state index is 0.316. The van der Waals surface area contributed by atoms with Crippen molar-refractivity contribution in [2.75, 3.05) is 0 Å². The van der Waals surface area contributed by atoms with Gasteiger partial charge in [-0.05, 0) is 36.8 Å². The molecule has 2 heterocycles. The molecule has 0 aliphatic rings. The van der Waals surface area contributed by atoms with E-state index >= 15 is 0 Å². The standard InChI is InChI=1S/C13H8Cl2N2O/c1-7-2-3-9-10(4-7)18-13(16-9)8-5-11(14)17-12(15)6-8/h2-6H,1H3. The summed E-state index contributed by atoms with van der Waals surface area (Å²) in [5.41, 5.74) is 3.39. The van der Waals surface area contributed by atoms with Crippen molar-refractivity contribution in [1.82, 2.24) is 9.97 Å². The lowest BCUT2D eigenvalue weighted by atomic mass is 10.2. The van der Waals surface area contributed by atoms with Gasteiger partial charge in [-0.2, -0.15) is 0 Å². The monoisotopic (exact) mass is 278 g/mol. The summed E-state index contributed by atoms with van der Waals surface area (Å²) >= 11 is 11.7. The Hall–Kier alpha value is -1.58. The van der Waals surface area contributed by atoms with Gasteiger partial charge in [-0.1, -0.05) is 29.3 Å². The van der Waals surface area contributed by atoms with Gasteiger partial charge in [-0.15, -0.1) is 0 Å². The maximum atomic E-state index is 5.86. The second-order valence-corrected chi connectivity index (χ2v) is 4.77. The molecule has 0 unspecified atom stereocenters. The number of oxazole rings is 1. The van der Waals surface area contributed by atoms with Crippen molar-refractivity contribution in [3.05, 3.63) is 46.2 Å². The number of pyridine rings is 1. The van der Waals surface area contributed by atoms with Crippen molar-refractivity contribution in [1.29, 1.82) is 0 Å². The molecule has 3 aromatic rings. The lowest BCUT2D eigenvalue weighted by Gasteiger charge is -1.96. The molecule has 0 saturated carbocycles. The van der Waals surface area contributed by atoms with Crippen LogP contribution in [0.5, 0.6) is 0 Å². The highest BCUT2D eigenvalue weighted by Gasteiger charge is 2.10. The number of halogens is 2. The normalized spacial score (nSPS) is 11.1. The van der Waals surface area contributed by atoms with Crippen LogP contribution >= 0.6 is 23.2 Å². The average molecular weight is 279 g/mol. The van der Waals surface area contributed by atoms with Crippen LogP contribution in [-0.4, -0.2) is 9.97 Å². The van der Waals surface area contributed by atoms with E-state index in [1.54, 1.807) is 12.1 Å². The number of hydrogen-bond donors (Lipinski definition) is 0. The van der Waals surface area contributed by atoms with Crippen LogP contribution < -0.4 is 0 Å². The molecule has 0 aliphatic heterocycles. The molecule has 0 fully saturated rings. The van der Waals surface area contributed by atoms with Gasteiger partial charge in [-0.25, -0.2) is 9.97 Å². The first kappa shape index (κ1) is 11.5. The summed E-state index contributed by atoms with van der Waals surface area (Å²) in [4.78, 5) is 8.28. The summed E-state index contributed by atoms with van der Waals surface area (Å²) in [5, 5.41) is 0.631. The van der Waals surface area contributed by atoms with E-state index < -0.39 is 0 Å². The first-order valence-electron chi connectivity index (χ1n) is 5.32. The Morgan fingerprint density at radius 1 is 1.00 bits per heavy atom. The van der Waals surface area contributed by atoms with Gasteiger partial charge < -0.3 is 4.42 Å². The lowest BCUT2D eigenvalue weighted by molar-refractivity contribution is 0.619. The van der Waals surface area contributed by atoms with Crippen molar-refractivity contribution in [3.8, 4) is 11.5 Å². The van der Waals surface area contributed by atoms with Crippen molar-refractivity contribution < 1.29 is 4.42 Å². The molecule has 0 bridgehead atoms. The molecule has 0 atom stereocenters. The zero-order valence-corrected chi connectivity index (χ0v) is 11.0. The SMILES string of the molecule is Cc1ccc2nc(-c3cc(Cl)nc(Cl)c3)oc2c1. The number of benzene rings is 1. The van der Waals surface area contributed by atoms with E-state index in [9.17, 15) is 0 Å². The van der Waals surface area contributed by atoms with Crippen LogP contribution in [0.2, 0.25) is 10.3 Å². The van der Waals surface area contributed by atoms with Crippen LogP contribution in [0, 0.1) is 6.92 Å². The molecular weight excluding hydrogens is 271 g/mol. The largest absolute Gasteiger partial charge is 0.436 e. The first-order chi connectivity index (χ1) is 8.61. The highest BCUT2D eigenvalue weighted by Crippen LogP contribution is 2.27. The van der Waals surface area contributed by atoms with Gasteiger partial charge in [0.15, 0.2) is 5.58 Å². The third-order valence-corrected chi connectivity index (χ3v) is 2.94. The molecule has 90 valence electrons.